The van der Waals surface area contributed by atoms with Crippen LogP contribution < -0.4 is 0 Å². The van der Waals surface area contributed by atoms with Gasteiger partial charge in [0.2, 0.25) is 0 Å². The Hall–Kier alpha value is -1.70. The molecule has 0 aliphatic heterocycles. The molecule has 54 heavy (non-hydrogen) atoms. The first-order valence-corrected chi connectivity index (χ1v) is 22.0. The SMILES string of the molecule is CC/C=C\C/C=C\C/C=C\C/C=C\CCCCCCCCCOCC(COP(=O)(O)OC1C(O)C(O)C(O)C(O)C1O)OC(=O)CCCCCCCCC. The fourth-order valence-corrected chi connectivity index (χ4v) is 6.91. The van der Waals surface area contributed by atoms with Gasteiger partial charge in [0, 0.05) is 13.0 Å². The van der Waals surface area contributed by atoms with Gasteiger partial charge in [0.15, 0.2) is 0 Å². The lowest BCUT2D eigenvalue weighted by molar-refractivity contribution is -0.220. The molecule has 0 aromatic heterocycles. The predicted molar refractivity (Wildman–Crippen MR) is 212 cm³/mol. The summed E-state index contributed by atoms with van der Waals surface area (Å²) in [6.45, 7) is 4.04. The largest absolute Gasteiger partial charge is 0.472 e. The van der Waals surface area contributed by atoms with Crippen molar-refractivity contribution < 1.29 is 58.3 Å². The molecule has 0 aromatic carbocycles. The first-order valence-electron chi connectivity index (χ1n) is 20.5. The number of hydrogen-bond acceptors (Lipinski definition) is 11. The number of aliphatic hydroxyl groups excluding tert-OH is 5. The zero-order valence-electron chi connectivity index (χ0n) is 33.0. The van der Waals surface area contributed by atoms with Gasteiger partial charge in [-0.25, -0.2) is 4.57 Å². The van der Waals surface area contributed by atoms with Crippen LogP contribution in [0.1, 0.15) is 142 Å². The van der Waals surface area contributed by atoms with E-state index in [9.17, 15) is 39.8 Å². The van der Waals surface area contributed by atoms with Crippen LogP contribution >= 0.6 is 7.82 Å². The number of carbonyl (C=O) groups excluding carboxylic acids is 1. The highest BCUT2D eigenvalue weighted by molar-refractivity contribution is 7.47. The Kier molecular flexibility index (Phi) is 30.2. The van der Waals surface area contributed by atoms with Crippen molar-refractivity contribution in [3.8, 4) is 0 Å². The van der Waals surface area contributed by atoms with Crippen molar-refractivity contribution >= 4 is 13.8 Å². The highest BCUT2D eigenvalue weighted by Gasteiger charge is 2.51. The summed E-state index contributed by atoms with van der Waals surface area (Å²) in [5.74, 6) is -0.491. The summed E-state index contributed by atoms with van der Waals surface area (Å²) < 4.78 is 33.9. The lowest BCUT2D eigenvalue weighted by Gasteiger charge is -2.41. The Balaban J connectivity index is 2.37. The summed E-state index contributed by atoms with van der Waals surface area (Å²) in [4.78, 5) is 22.9. The third kappa shape index (κ3) is 24.7. The number of unbranched alkanes of at least 4 members (excludes halogenated alkanes) is 13. The van der Waals surface area contributed by atoms with Crippen molar-refractivity contribution in [2.24, 2.45) is 0 Å². The number of aliphatic hydroxyl groups is 5. The molecular formula is C41H73O12P. The van der Waals surface area contributed by atoms with Crippen molar-refractivity contribution in [3.63, 3.8) is 0 Å². The minimum atomic E-state index is -5.01. The highest BCUT2D eigenvalue weighted by atomic mass is 31.2. The van der Waals surface area contributed by atoms with E-state index in [1.54, 1.807) is 0 Å². The molecule has 0 aromatic rings. The zero-order valence-corrected chi connectivity index (χ0v) is 33.9. The maximum Gasteiger partial charge on any atom is 0.472 e. The van der Waals surface area contributed by atoms with E-state index in [-0.39, 0.29) is 13.0 Å². The molecule has 1 aliphatic carbocycles. The third-order valence-corrected chi connectivity index (χ3v) is 10.2. The normalized spacial score (nSPS) is 23.9. The molecule has 6 unspecified atom stereocenters. The maximum atomic E-state index is 12.7. The van der Waals surface area contributed by atoms with Crippen LogP contribution in [0.15, 0.2) is 48.6 Å². The van der Waals surface area contributed by atoms with Crippen LogP contribution in [-0.4, -0.2) is 98.9 Å². The Morgan fingerprint density at radius 1 is 0.611 bits per heavy atom. The monoisotopic (exact) mass is 788 g/mol. The third-order valence-electron chi connectivity index (χ3n) is 9.22. The fourth-order valence-electron chi connectivity index (χ4n) is 5.93. The van der Waals surface area contributed by atoms with Crippen LogP contribution in [0, 0.1) is 0 Å². The van der Waals surface area contributed by atoms with Gasteiger partial charge < -0.3 is 39.9 Å². The smallest absolute Gasteiger partial charge is 0.457 e. The second-order valence-corrected chi connectivity index (χ2v) is 15.5. The summed E-state index contributed by atoms with van der Waals surface area (Å²) in [7, 11) is -5.01. The summed E-state index contributed by atoms with van der Waals surface area (Å²) in [5.41, 5.74) is 0. The second-order valence-electron chi connectivity index (χ2n) is 14.1. The van der Waals surface area contributed by atoms with Crippen molar-refractivity contribution in [1.29, 1.82) is 0 Å². The maximum absolute atomic E-state index is 12.7. The van der Waals surface area contributed by atoms with Gasteiger partial charge in [0.1, 0.15) is 42.7 Å². The Labute approximate surface area is 325 Å². The van der Waals surface area contributed by atoms with Crippen LogP contribution in [0.4, 0.5) is 0 Å². The highest BCUT2D eigenvalue weighted by Crippen LogP contribution is 2.47. The number of phosphoric acid groups is 1. The van der Waals surface area contributed by atoms with Crippen molar-refractivity contribution in [3.05, 3.63) is 48.6 Å². The minimum absolute atomic E-state index is 0.0850. The van der Waals surface area contributed by atoms with Gasteiger partial charge in [-0.05, 0) is 51.4 Å². The number of allylic oxidation sites excluding steroid dienone is 8. The molecule has 0 heterocycles. The molecule has 0 radical (unpaired) electrons. The average Bonchev–Trinajstić information content (AvgIpc) is 3.15. The van der Waals surface area contributed by atoms with Gasteiger partial charge in [-0.3, -0.25) is 13.8 Å². The lowest BCUT2D eigenvalue weighted by Crippen LogP contribution is -2.64. The van der Waals surface area contributed by atoms with E-state index in [1.807, 2.05) is 0 Å². The number of carbonyl (C=O) groups is 1. The van der Waals surface area contributed by atoms with Crippen LogP contribution in [0.25, 0.3) is 0 Å². The van der Waals surface area contributed by atoms with E-state index in [0.29, 0.717) is 13.0 Å². The minimum Gasteiger partial charge on any atom is -0.457 e. The number of hydrogen-bond donors (Lipinski definition) is 6. The molecule has 1 rings (SSSR count). The number of rotatable bonds is 33. The Morgan fingerprint density at radius 3 is 1.67 bits per heavy atom. The van der Waals surface area contributed by atoms with Gasteiger partial charge in [-0.15, -0.1) is 0 Å². The van der Waals surface area contributed by atoms with Crippen molar-refractivity contribution in [2.75, 3.05) is 19.8 Å². The first-order chi connectivity index (χ1) is 26.0. The summed E-state index contributed by atoms with van der Waals surface area (Å²) in [5, 5.41) is 49.9. The first kappa shape index (κ1) is 50.3. The topological polar surface area (TPSA) is 192 Å². The number of phosphoric ester groups is 1. The summed E-state index contributed by atoms with van der Waals surface area (Å²) in [6.07, 6.45) is 25.0. The molecule has 1 saturated carbocycles. The Bertz CT molecular complexity index is 1080. The molecule has 0 spiro atoms. The van der Waals surface area contributed by atoms with Crippen LogP contribution in [-0.2, 0) is 27.9 Å². The second kappa shape index (κ2) is 32.4. The van der Waals surface area contributed by atoms with E-state index in [2.05, 4.69) is 62.5 Å². The molecule has 0 amide bonds. The van der Waals surface area contributed by atoms with Gasteiger partial charge in [-0.2, -0.15) is 0 Å². The van der Waals surface area contributed by atoms with Crippen molar-refractivity contribution in [1.82, 2.24) is 0 Å². The zero-order chi connectivity index (χ0) is 39.9. The van der Waals surface area contributed by atoms with Crippen LogP contribution in [0.3, 0.4) is 0 Å². The van der Waals surface area contributed by atoms with Gasteiger partial charge in [0.05, 0.1) is 13.2 Å². The van der Waals surface area contributed by atoms with Crippen LogP contribution in [0.5, 0.6) is 0 Å². The lowest BCUT2D eigenvalue weighted by atomic mass is 9.85. The van der Waals surface area contributed by atoms with Gasteiger partial charge in [0.25, 0.3) is 0 Å². The number of esters is 1. The molecule has 6 atom stereocenters. The van der Waals surface area contributed by atoms with Crippen LogP contribution in [0.2, 0.25) is 0 Å². The average molecular weight is 789 g/mol. The van der Waals surface area contributed by atoms with E-state index < -0.39 is 63.1 Å². The van der Waals surface area contributed by atoms with E-state index in [0.717, 1.165) is 83.5 Å². The van der Waals surface area contributed by atoms with E-state index in [4.69, 9.17) is 18.5 Å². The van der Waals surface area contributed by atoms with E-state index >= 15 is 0 Å². The standard InChI is InChI=1S/C41H73O12P/c1-3-5-7-9-11-12-13-14-15-16-17-18-19-20-21-22-23-25-27-29-31-50-32-34(52-35(42)30-28-26-24-10-8-6-4-2)33-51-54(48,49)53-41-39(46)37(44)36(43)38(45)40(41)47/h5,7,11-12,14-15,17-18,34,36-41,43-47H,3-4,6,8-10,13,16,19-33H2,1-2H3,(H,48,49)/b7-5-,12-11-,15-14-,18-17-. The van der Waals surface area contributed by atoms with Crippen molar-refractivity contribution in [2.45, 2.75) is 185 Å². The molecule has 12 nitrogen and oxygen atoms in total. The fraction of sp³-hybridized carbons (Fsp3) is 0.780. The molecule has 1 fully saturated rings. The number of ether oxygens (including phenoxy) is 2. The summed E-state index contributed by atoms with van der Waals surface area (Å²) in [6, 6.07) is 0. The summed E-state index contributed by atoms with van der Waals surface area (Å²) >= 11 is 0. The quantitative estimate of drug-likeness (QED) is 0.0169. The molecular weight excluding hydrogens is 715 g/mol. The molecule has 0 bridgehead atoms. The Morgan fingerprint density at radius 2 is 1.09 bits per heavy atom. The molecule has 1 aliphatic rings. The molecule has 0 saturated heterocycles. The van der Waals surface area contributed by atoms with E-state index in [1.165, 1.54) is 32.1 Å². The van der Waals surface area contributed by atoms with Gasteiger partial charge >= 0.3 is 13.8 Å². The predicted octanol–water partition coefficient (Wildman–Crippen LogP) is 7.30. The molecule has 13 heteroatoms. The molecule has 314 valence electrons. The molecule has 6 N–H and O–H groups in total. The van der Waals surface area contributed by atoms with Gasteiger partial charge in [-0.1, -0.05) is 133 Å².